The van der Waals surface area contributed by atoms with E-state index in [0.717, 1.165) is 86.6 Å². The number of carbonyl (C=O) groups is 3. The number of carbonyl (C=O) groups excluding carboxylic acids is 3. The summed E-state index contributed by atoms with van der Waals surface area (Å²) in [5.74, 6) is 6.97. The average Bonchev–Trinajstić information content (AvgIpc) is 3.78. The molecule has 18 atom stereocenters. The van der Waals surface area contributed by atoms with Crippen molar-refractivity contribution in [2.45, 2.75) is 222 Å². The molecule has 7 fully saturated rings. The number of hydrogen-bond acceptors (Lipinski definition) is 6. The zero-order valence-electron chi connectivity index (χ0n) is 40.2. The highest BCUT2D eigenvalue weighted by Gasteiger charge is 2.72. The first-order chi connectivity index (χ1) is 28.2. The van der Waals surface area contributed by atoms with Crippen LogP contribution < -0.4 is 0 Å². The first kappa shape index (κ1) is 48.3. The molecule has 7 saturated carbocycles. The summed E-state index contributed by atoms with van der Waals surface area (Å²) in [6.45, 7) is 23.6. The van der Waals surface area contributed by atoms with Crippen LogP contribution in [0.2, 0.25) is 0 Å². The zero-order chi connectivity index (χ0) is 44.0. The van der Waals surface area contributed by atoms with E-state index in [-0.39, 0.29) is 22.5 Å². The van der Waals surface area contributed by atoms with E-state index in [9.17, 15) is 29.7 Å². The predicted octanol–water partition coefficient (Wildman–Crippen LogP) is 11.8. The third-order valence-electron chi connectivity index (χ3n) is 20.9. The summed E-state index contributed by atoms with van der Waals surface area (Å²) < 4.78 is 0. The average molecular weight is 837 g/mol. The van der Waals surface area contributed by atoms with Crippen LogP contribution in [-0.2, 0) is 14.4 Å². The van der Waals surface area contributed by atoms with E-state index in [1.165, 1.54) is 77.0 Å². The number of rotatable bonds is 14. The highest BCUT2D eigenvalue weighted by Crippen LogP contribution is 2.73. The highest BCUT2D eigenvalue weighted by atomic mass is 16.3. The number of aldehydes is 2. The molecule has 0 saturated heterocycles. The Morgan fingerprint density at radius 3 is 1.70 bits per heavy atom. The summed E-state index contributed by atoms with van der Waals surface area (Å²) in [6.07, 6.45) is 23.3. The van der Waals surface area contributed by atoms with Crippen molar-refractivity contribution in [1.82, 2.24) is 0 Å². The Labute approximate surface area is 367 Å². The molecule has 7 rings (SSSR count). The van der Waals surface area contributed by atoms with Crippen molar-refractivity contribution in [2.24, 2.45) is 98.6 Å². The quantitative estimate of drug-likeness (QED) is 0.150. The van der Waals surface area contributed by atoms with Crippen LogP contribution in [0.5, 0.6) is 0 Å². The molecule has 0 aromatic heterocycles. The minimum atomic E-state index is -1.02. The first-order valence-corrected chi connectivity index (χ1v) is 25.7. The molecule has 7 aliphatic rings. The Balaban J connectivity index is 0.000000201. The second kappa shape index (κ2) is 18.8. The summed E-state index contributed by atoms with van der Waals surface area (Å²) in [6, 6.07) is 0. The zero-order valence-corrected chi connectivity index (χ0v) is 40.2. The van der Waals surface area contributed by atoms with Crippen LogP contribution in [0.4, 0.5) is 0 Å². The van der Waals surface area contributed by atoms with Crippen LogP contribution in [0.15, 0.2) is 0 Å². The van der Waals surface area contributed by atoms with Crippen LogP contribution in [0.1, 0.15) is 204 Å². The second-order valence-electron chi connectivity index (χ2n) is 24.8. The Bertz CT molecular complexity index is 1480. The fourth-order valence-electron chi connectivity index (χ4n) is 17.5. The smallest absolute Gasteiger partial charge is 0.141 e. The molecule has 60 heavy (non-hydrogen) atoms. The normalized spacial score (nSPS) is 47.1. The van der Waals surface area contributed by atoms with E-state index in [0.29, 0.717) is 65.6 Å². The molecule has 0 heterocycles. The van der Waals surface area contributed by atoms with E-state index in [1.807, 2.05) is 0 Å². The lowest BCUT2D eigenvalue weighted by Gasteiger charge is -2.54. The minimum absolute atomic E-state index is 0.217. The summed E-state index contributed by atoms with van der Waals surface area (Å²) in [4.78, 5) is 37.2. The van der Waals surface area contributed by atoms with E-state index < -0.39 is 17.8 Å². The van der Waals surface area contributed by atoms with Gasteiger partial charge in [0.2, 0.25) is 0 Å². The molecule has 0 bridgehead atoms. The topological polar surface area (TPSA) is 112 Å². The molecule has 6 heteroatoms. The molecule has 0 radical (unpaired) electrons. The van der Waals surface area contributed by atoms with Gasteiger partial charge in [0.05, 0.1) is 17.8 Å². The fourth-order valence-corrected chi connectivity index (χ4v) is 17.5. The number of Topliss-reactive ketones (excluding diaryl/α,β-unsaturated/α-hetero) is 1. The van der Waals surface area contributed by atoms with Gasteiger partial charge >= 0.3 is 0 Å². The van der Waals surface area contributed by atoms with Gasteiger partial charge in [0.25, 0.3) is 0 Å². The second-order valence-corrected chi connectivity index (χ2v) is 24.8. The maximum Gasteiger partial charge on any atom is 0.141 e. The molecule has 0 amide bonds. The lowest BCUT2D eigenvalue weighted by molar-refractivity contribution is -0.156. The minimum Gasteiger partial charge on any atom is -0.393 e. The first-order valence-electron chi connectivity index (χ1n) is 25.7. The van der Waals surface area contributed by atoms with Crippen molar-refractivity contribution < 1.29 is 29.7 Å². The molecule has 344 valence electrons. The van der Waals surface area contributed by atoms with Crippen LogP contribution in [-0.4, -0.2) is 51.5 Å². The maximum atomic E-state index is 13.0. The van der Waals surface area contributed by atoms with Gasteiger partial charge in [0.1, 0.15) is 18.4 Å². The summed E-state index contributed by atoms with van der Waals surface area (Å²) in [5.41, 5.74) is -0.971. The lowest BCUT2D eigenvalue weighted by atomic mass is 9.49. The van der Waals surface area contributed by atoms with Gasteiger partial charge in [-0.1, -0.05) is 108 Å². The lowest BCUT2D eigenvalue weighted by Crippen LogP contribution is -2.54. The van der Waals surface area contributed by atoms with Crippen LogP contribution in [0.3, 0.4) is 0 Å². The highest BCUT2D eigenvalue weighted by molar-refractivity contribution is 5.86. The molecule has 3 N–H and O–H groups in total. The monoisotopic (exact) mass is 837 g/mol. The van der Waals surface area contributed by atoms with E-state index in [2.05, 4.69) is 69.2 Å². The van der Waals surface area contributed by atoms with Gasteiger partial charge in [0, 0.05) is 36.0 Å². The molecule has 0 aromatic carbocycles. The SMILES string of the molecule is CC(C)CCC[C@@H](C)[C@H]1CCC2C(CC=O)C([C@@]3(C)CC[C@H](O)CC3=O)CC[C@@]21C.CC(C)CCC[C@@H](C)[C@H]1CCC2C3C(CC[C@@]21C)[C@@]1(C)CC[C@H](O)C[C@@]1(O)[C@@H]3C=O. The Kier molecular flexibility index (Phi) is 15.1. The van der Waals surface area contributed by atoms with Crippen molar-refractivity contribution in [3.05, 3.63) is 0 Å². The number of aliphatic hydroxyl groups is 3. The van der Waals surface area contributed by atoms with Gasteiger partial charge in [0.15, 0.2) is 0 Å². The maximum absolute atomic E-state index is 13.0. The van der Waals surface area contributed by atoms with Crippen molar-refractivity contribution in [1.29, 1.82) is 0 Å². The third kappa shape index (κ3) is 8.58. The summed E-state index contributed by atoms with van der Waals surface area (Å²) in [7, 11) is 0. The van der Waals surface area contributed by atoms with Crippen LogP contribution >= 0.6 is 0 Å². The van der Waals surface area contributed by atoms with E-state index >= 15 is 0 Å². The van der Waals surface area contributed by atoms with E-state index in [4.69, 9.17) is 0 Å². The van der Waals surface area contributed by atoms with Crippen molar-refractivity contribution in [3.63, 3.8) is 0 Å². The molecule has 7 aliphatic carbocycles. The molecular weight excluding hydrogens is 745 g/mol. The van der Waals surface area contributed by atoms with Crippen molar-refractivity contribution in [3.8, 4) is 0 Å². The van der Waals surface area contributed by atoms with Gasteiger partial charge in [-0.25, -0.2) is 0 Å². The number of aliphatic hydroxyl groups excluding tert-OH is 2. The molecule has 6 unspecified atom stereocenters. The van der Waals surface area contributed by atoms with Gasteiger partial charge in [-0.15, -0.1) is 0 Å². The Hall–Kier alpha value is -1.11. The Morgan fingerprint density at radius 2 is 1.17 bits per heavy atom. The van der Waals surface area contributed by atoms with Gasteiger partial charge in [-0.3, -0.25) is 4.79 Å². The standard InChI is InChI=1S/2C27H46O3/c1-17(2)7-6-8-18(3)20-9-10-21-24-22(12-13-25(20,21)4)26(5)14-11-19(29)15-27(26,30)23(24)16-28;1-18(2)7-6-8-19(3)22-9-10-23-21(13-16-28)24(12-15-26(22,23)4)27(5)14-11-20(29)17-25(27)30/h16-24,29-30H,6-15H2,1-5H3;16,18-24,29H,6-15,17H2,1-5H3/t18-,19+,20-,21?,22?,23-,24?,25-,26-,27-;19-,20+,21?,22-,23?,24?,26-,27-/m11/s1. The van der Waals surface area contributed by atoms with Gasteiger partial charge < -0.3 is 24.9 Å². The van der Waals surface area contributed by atoms with Crippen molar-refractivity contribution in [2.75, 3.05) is 0 Å². The van der Waals surface area contributed by atoms with E-state index in [1.54, 1.807) is 0 Å². The predicted molar refractivity (Wildman–Crippen MR) is 243 cm³/mol. The number of hydrogen-bond donors (Lipinski definition) is 3. The molecule has 0 spiro atoms. The Morgan fingerprint density at radius 1 is 0.633 bits per heavy atom. The summed E-state index contributed by atoms with van der Waals surface area (Å²) in [5, 5.41) is 32.3. The van der Waals surface area contributed by atoms with Crippen LogP contribution in [0, 0.1) is 98.6 Å². The number of fused-ring (bicyclic) bond motifs is 6. The number of ketones is 1. The molecule has 0 aromatic rings. The molecular formula is C54H92O6. The molecule has 6 nitrogen and oxygen atoms in total. The third-order valence-corrected chi connectivity index (χ3v) is 20.9. The van der Waals surface area contributed by atoms with Crippen molar-refractivity contribution >= 4 is 18.4 Å². The van der Waals surface area contributed by atoms with Gasteiger partial charge in [-0.2, -0.15) is 0 Å². The fraction of sp³-hybridized carbons (Fsp3) is 0.944. The largest absolute Gasteiger partial charge is 0.393 e. The van der Waals surface area contributed by atoms with Crippen LogP contribution in [0.25, 0.3) is 0 Å². The summed E-state index contributed by atoms with van der Waals surface area (Å²) >= 11 is 0. The van der Waals surface area contributed by atoms with Gasteiger partial charge in [-0.05, 0) is 159 Å². The molecule has 0 aliphatic heterocycles.